The number of halogens is 3. The molecule has 28 heavy (non-hydrogen) atoms. The summed E-state index contributed by atoms with van der Waals surface area (Å²) in [6.45, 7) is 2.00. The maximum atomic E-state index is 13.4. The number of hydrogen-bond donors (Lipinski definition) is 1. The van der Waals surface area contributed by atoms with E-state index in [1.54, 1.807) is 13.0 Å². The van der Waals surface area contributed by atoms with Gasteiger partial charge in [-0.25, -0.2) is 0 Å². The first-order valence-electron chi connectivity index (χ1n) is 9.07. The number of anilines is 1. The lowest BCUT2D eigenvalue weighted by atomic mass is 9.65. The van der Waals surface area contributed by atoms with Crippen molar-refractivity contribution in [1.82, 2.24) is 0 Å². The number of amides is 1. The van der Waals surface area contributed by atoms with Crippen molar-refractivity contribution in [3.8, 4) is 6.07 Å². The van der Waals surface area contributed by atoms with Crippen LogP contribution in [0.2, 0.25) is 0 Å². The highest BCUT2D eigenvalue weighted by atomic mass is 19.4. The lowest BCUT2D eigenvalue weighted by molar-refractivity contribution is -0.163. The third-order valence-corrected chi connectivity index (χ3v) is 6.72. The number of nitriles is 1. The molecule has 0 aromatic heterocycles. The smallest absolute Gasteiger partial charge is 0.390 e. The number of benzene rings is 1. The Morgan fingerprint density at radius 2 is 2.14 bits per heavy atom. The summed E-state index contributed by atoms with van der Waals surface area (Å²) in [6.07, 6.45) is -5.54. The van der Waals surface area contributed by atoms with E-state index in [-0.39, 0.29) is 18.2 Å². The van der Waals surface area contributed by atoms with Gasteiger partial charge < -0.3 is 14.6 Å². The first-order chi connectivity index (χ1) is 13.1. The Balaban J connectivity index is 1.62. The minimum Gasteiger partial charge on any atom is -0.390 e. The van der Waals surface area contributed by atoms with Crippen molar-refractivity contribution in [2.24, 2.45) is 11.8 Å². The van der Waals surface area contributed by atoms with E-state index in [4.69, 9.17) is 14.7 Å². The first kappa shape index (κ1) is 17.9. The van der Waals surface area contributed by atoms with Gasteiger partial charge in [-0.05, 0) is 25.1 Å². The molecular formula is C19H17F3N2O4. The third kappa shape index (κ3) is 2.00. The van der Waals surface area contributed by atoms with Gasteiger partial charge in [-0.2, -0.15) is 18.4 Å². The second-order valence-corrected chi connectivity index (χ2v) is 8.15. The molecule has 0 unspecified atom stereocenters. The van der Waals surface area contributed by atoms with Gasteiger partial charge in [0, 0.05) is 18.5 Å². The Morgan fingerprint density at radius 3 is 2.82 bits per heavy atom. The second kappa shape index (κ2) is 5.26. The highest BCUT2D eigenvalue weighted by molar-refractivity contribution is 6.00. The summed E-state index contributed by atoms with van der Waals surface area (Å²) in [5.74, 6) is -1.41. The number of alkyl halides is 3. The second-order valence-electron chi connectivity index (χ2n) is 8.15. The number of rotatable bonds is 1. The zero-order valence-electron chi connectivity index (χ0n) is 14.9. The molecule has 9 heteroatoms. The van der Waals surface area contributed by atoms with Crippen molar-refractivity contribution in [2.45, 2.75) is 49.5 Å². The number of carbonyl (C=O) groups excluding carboxylic acids is 1. The van der Waals surface area contributed by atoms with Crippen LogP contribution in [0.25, 0.3) is 0 Å². The van der Waals surface area contributed by atoms with Gasteiger partial charge in [0.2, 0.25) is 5.91 Å². The Bertz CT molecular complexity index is 929. The zero-order chi connectivity index (χ0) is 20.1. The van der Waals surface area contributed by atoms with Crippen molar-refractivity contribution in [1.29, 1.82) is 5.26 Å². The largest absolute Gasteiger partial charge is 0.417 e. The quantitative estimate of drug-likeness (QED) is 0.790. The fourth-order valence-electron chi connectivity index (χ4n) is 5.69. The van der Waals surface area contributed by atoms with Gasteiger partial charge in [0.1, 0.15) is 11.8 Å². The molecule has 4 aliphatic heterocycles. The van der Waals surface area contributed by atoms with Crippen molar-refractivity contribution in [3.63, 3.8) is 0 Å². The average molecular weight is 394 g/mol. The molecule has 4 saturated heterocycles. The Hall–Kier alpha value is -2.15. The summed E-state index contributed by atoms with van der Waals surface area (Å²) >= 11 is 0. The van der Waals surface area contributed by atoms with Crippen LogP contribution in [0, 0.1) is 23.2 Å². The van der Waals surface area contributed by atoms with E-state index in [0.29, 0.717) is 12.8 Å². The molecule has 5 rings (SSSR count). The van der Waals surface area contributed by atoms with E-state index in [1.807, 2.05) is 0 Å². The average Bonchev–Trinajstić information content (AvgIpc) is 3.17. The van der Waals surface area contributed by atoms with Crippen molar-refractivity contribution in [3.05, 3.63) is 29.3 Å². The van der Waals surface area contributed by atoms with Gasteiger partial charge in [-0.1, -0.05) is 0 Å². The SMILES string of the molecule is C[C@]12C[C@@H](O)[C@@]3(CCO[C@@H]4[C@H]3[C@H]1C(=O)N4c1ccc(C#N)c(C(F)(F)F)c1)O2. The van der Waals surface area contributed by atoms with E-state index >= 15 is 0 Å². The fraction of sp³-hybridized carbons (Fsp3) is 0.579. The van der Waals surface area contributed by atoms with E-state index in [9.17, 15) is 23.1 Å². The van der Waals surface area contributed by atoms with Crippen molar-refractivity contribution in [2.75, 3.05) is 11.5 Å². The maximum Gasteiger partial charge on any atom is 0.417 e. The van der Waals surface area contributed by atoms with Crippen LogP contribution < -0.4 is 4.90 Å². The molecule has 2 bridgehead atoms. The van der Waals surface area contributed by atoms with E-state index < -0.39 is 52.7 Å². The van der Waals surface area contributed by atoms with E-state index in [1.165, 1.54) is 11.0 Å². The summed E-state index contributed by atoms with van der Waals surface area (Å²) < 4.78 is 52.1. The maximum absolute atomic E-state index is 13.4. The zero-order valence-corrected chi connectivity index (χ0v) is 14.9. The summed E-state index contributed by atoms with van der Waals surface area (Å²) in [5.41, 5.74) is -3.35. The monoisotopic (exact) mass is 394 g/mol. The molecule has 4 fully saturated rings. The van der Waals surface area contributed by atoms with Crippen LogP contribution in [0.3, 0.4) is 0 Å². The molecule has 4 aliphatic rings. The van der Waals surface area contributed by atoms with Crippen molar-refractivity contribution < 1.29 is 32.5 Å². The van der Waals surface area contributed by atoms with E-state index in [2.05, 4.69) is 0 Å². The lowest BCUT2D eigenvalue weighted by Crippen LogP contribution is -2.56. The molecule has 1 aromatic carbocycles. The minimum absolute atomic E-state index is 0.0327. The Kier molecular flexibility index (Phi) is 3.36. The normalized spacial score (nSPS) is 41.3. The predicted octanol–water partition coefficient (Wildman–Crippen LogP) is 2.19. The summed E-state index contributed by atoms with van der Waals surface area (Å²) in [6, 6.07) is 4.77. The Labute approximate surface area is 158 Å². The minimum atomic E-state index is -4.72. The highest BCUT2D eigenvalue weighted by Crippen LogP contribution is 2.65. The molecule has 4 heterocycles. The van der Waals surface area contributed by atoms with Crippen LogP contribution in [0.4, 0.5) is 18.9 Å². The molecule has 6 nitrogen and oxygen atoms in total. The third-order valence-electron chi connectivity index (χ3n) is 6.72. The van der Waals surface area contributed by atoms with Gasteiger partial charge >= 0.3 is 6.18 Å². The van der Waals surface area contributed by atoms with Gasteiger partial charge in [0.25, 0.3) is 0 Å². The summed E-state index contributed by atoms with van der Waals surface area (Å²) in [5, 5.41) is 19.6. The number of nitrogens with zero attached hydrogens (tertiary/aromatic N) is 2. The number of ether oxygens (including phenoxy) is 2. The first-order valence-corrected chi connectivity index (χ1v) is 9.07. The van der Waals surface area contributed by atoms with Crippen LogP contribution in [0.5, 0.6) is 0 Å². The van der Waals surface area contributed by atoms with Crippen LogP contribution in [0.1, 0.15) is 30.9 Å². The summed E-state index contributed by atoms with van der Waals surface area (Å²) in [7, 11) is 0. The molecule has 148 valence electrons. The van der Waals surface area contributed by atoms with E-state index in [0.717, 1.165) is 12.1 Å². The van der Waals surface area contributed by atoms with Crippen LogP contribution in [0.15, 0.2) is 18.2 Å². The van der Waals surface area contributed by atoms with Crippen LogP contribution in [-0.2, 0) is 20.4 Å². The number of aliphatic hydroxyl groups excluding tert-OH is 1. The van der Waals surface area contributed by atoms with Gasteiger partial charge in [0.05, 0.1) is 47.3 Å². The van der Waals surface area contributed by atoms with Crippen LogP contribution in [-0.4, -0.2) is 41.2 Å². The molecule has 1 spiro atoms. The summed E-state index contributed by atoms with van der Waals surface area (Å²) in [4.78, 5) is 14.5. The molecular weight excluding hydrogens is 377 g/mol. The fourth-order valence-corrected chi connectivity index (χ4v) is 5.69. The molecule has 0 radical (unpaired) electrons. The van der Waals surface area contributed by atoms with Crippen molar-refractivity contribution >= 4 is 11.6 Å². The number of carbonyl (C=O) groups is 1. The van der Waals surface area contributed by atoms with Gasteiger partial charge in [-0.3, -0.25) is 9.69 Å². The Morgan fingerprint density at radius 1 is 1.39 bits per heavy atom. The van der Waals surface area contributed by atoms with Crippen LogP contribution >= 0.6 is 0 Å². The molecule has 1 amide bonds. The standard InChI is InChI=1S/C19H17F3N2O4/c1-17-7-12(25)18(28-17)4-5-27-16-14(18)13(17)15(26)24(16)10-3-2-9(8-23)11(6-10)19(20,21)22/h2-3,6,12-14,16,25H,4-5,7H2,1H3/t12-,13+,14-,16-,17+,18-/m1/s1. The lowest BCUT2D eigenvalue weighted by Gasteiger charge is -2.43. The highest BCUT2D eigenvalue weighted by Gasteiger charge is 2.78. The molecule has 0 saturated carbocycles. The molecule has 6 atom stereocenters. The predicted molar refractivity (Wildman–Crippen MR) is 87.8 cm³/mol. The number of aliphatic hydroxyl groups is 1. The van der Waals surface area contributed by atoms with Gasteiger partial charge in [-0.15, -0.1) is 0 Å². The number of hydrogen-bond acceptors (Lipinski definition) is 5. The molecule has 1 N–H and O–H groups in total. The number of fused-ring (bicyclic) bond motifs is 2. The topological polar surface area (TPSA) is 82.8 Å². The van der Waals surface area contributed by atoms with Gasteiger partial charge in [0.15, 0.2) is 0 Å². The molecule has 1 aromatic rings. The molecule has 0 aliphatic carbocycles.